The molecule has 13 heteroatoms. The average Bonchev–Trinajstić information content (AvgIpc) is 2.78. The molecule has 2 atom stereocenters. The van der Waals surface area contributed by atoms with Crippen LogP contribution in [0.5, 0.6) is 5.75 Å². The fourth-order valence-corrected chi connectivity index (χ4v) is 3.90. The fourth-order valence-electron chi connectivity index (χ4n) is 3.90. The number of carbonyl (C=O) groups is 5. The van der Waals surface area contributed by atoms with E-state index in [2.05, 4.69) is 10.6 Å². The lowest BCUT2D eigenvalue weighted by Gasteiger charge is -2.34. The van der Waals surface area contributed by atoms with Gasteiger partial charge in [-0.3, -0.25) is 19.3 Å². The van der Waals surface area contributed by atoms with Crippen LogP contribution >= 0.6 is 0 Å². The summed E-state index contributed by atoms with van der Waals surface area (Å²) in [5, 5.41) is 24.8. The average molecular weight is 474 g/mol. The van der Waals surface area contributed by atoms with Crippen LogP contribution in [-0.2, 0) is 20.8 Å². The Balaban J connectivity index is 1.69. The van der Waals surface area contributed by atoms with Gasteiger partial charge in [-0.05, 0) is 30.9 Å². The quantitative estimate of drug-likeness (QED) is 0.309. The van der Waals surface area contributed by atoms with Crippen molar-refractivity contribution in [2.45, 2.75) is 39.2 Å². The van der Waals surface area contributed by atoms with Crippen molar-refractivity contribution < 1.29 is 38.8 Å². The number of urea groups is 1. The molecule has 2 aliphatic rings. The summed E-state index contributed by atoms with van der Waals surface area (Å²) in [6.07, 6.45) is 0.105. The second kappa shape index (κ2) is 10.1. The highest BCUT2D eigenvalue weighted by molar-refractivity contribution is 6.47. The zero-order chi connectivity index (χ0) is 25.2. The minimum atomic E-state index is -1.51. The molecule has 1 saturated heterocycles. The lowest BCUT2D eigenvalue weighted by molar-refractivity contribution is -0.153. The smallest absolute Gasteiger partial charge is 0.534 e. The molecule has 0 spiro atoms. The van der Waals surface area contributed by atoms with Gasteiger partial charge in [0.15, 0.2) is 0 Å². The number of hydrogen-bond acceptors (Lipinski definition) is 7. The Morgan fingerprint density at radius 1 is 1.21 bits per heavy atom. The molecule has 4 N–H and O–H groups in total. The summed E-state index contributed by atoms with van der Waals surface area (Å²) in [4.78, 5) is 63.6. The van der Waals surface area contributed by atoms with E-state index < -0.39 is 48.8 Å². The number of aromatic carboxylic acids is 1. The van der Waals surface area contributed by atoms with E-state index in [1.807, 2.05) is 0 Å². The molecule has 0 bridgehead atoms. The van der Waals surface area contributed by atoms with Gasteiger partial charge in [0.05, 0.1) is 11.5 Å². The van der Waals surface area contributed by atoms with Gasteiger partial charge in [0, 0.05) is 19.6 Å². The third-order valence-electron chi connectivity index (χ3n) is 5.84. The Hall–Kier alpha value is -3.61. The van der Waals surface area contributed by atoms with Gasteiger partial charge in [-0.15, -0.1) is 0 Å². The maximum atomic E-state index is 13.0. The van der Waals surface area contributed by atoms with E-state index in [4.69, 9.17) is 4.65 Å². The number of piperazine rings is 1. The first kappa shape index (κ1) is 25.0. The first-order valence-electron chi connectivity index (χ1n) is 11.0. The molecule has 1 unspecified atom stereocenters. The summed E-state index contributed by atoms with van der Waals surface area (Å²) in [6, 6.07) is 2.59. The van der Waals surface area contributed by atoms with Crippen LogP contribution in [0.1, 0.15) is 36.7 Å². The Morgan fingerprint density at radius 3 is 2.53 bits per heavy atom. The second-order valence-corrected chi connectivity index (χ2v) is 8.44. The summed E-state index contributed by atoms with van der Waals surface area (Å²) in [7, 11) is -1.51. The van der Waals surface area contributed by atoms with Gasteiger partial charge in [0.1, 0.15) is 11.8 Å². The van der Waals surface area contributed by atoms with Gasteiger partial charge in [0.2, 0.25) is 5.91 Å². The first-order valence-corrected chi connectivity index (χ1v) is 11.0. The standard InChI is InChI=1S/C21H27BN4O8/c1-4-25-8-9-26(19(29)18(25)28)21(32)24-15(11(2)3)17(27)23-14-10-12-6-5-7-13(20(30)31)16(12)34-22(14)33/h5-7,11,14-15,33H,4,8-10H2,1-3H3,(H,23,27)(H,24,32)(H,30,31)/t14-,15?/m0/s1. The van der Waals surface area contributed by atoms with Crippen molar-refractivity contribution >= 4 is 36.8 Å². The van der Waals surface area contributed by atoms with Crippen molar-refractivity contribution in [2.75, 3.05) is 19.6 Å². The Morgan fingerprint density at radius 2 is 1.91 bits per heavy atom. The van der Waals surface area contributed by atoms with Crippen molar-refractivity contribution in [3.63, 3.8) is 0 Å². The van der Waals surface area contributed by atoms with Gasteiger partial charge in [0.25, 0.3) is 0 Å². The number of fused-ring (bicyclic) bond motifs is 1. The van der Waals surface area contributed by atoms with E-state index >= 15 is 0 Å². The number of para-hydroxylation sites is 1. The molecule has 2 aliphatic heterocycles. The molecule has 1 aromatic rings. The van der Waals surface area contributed by atoms with E-state index in [0.717, 1.165) is 4.90 Å². The largest absolute Gasteiger partial charge is 0.547 e. The number of amides is 5. The number of likely N-dealkylation sites (N-methyl/N-ethyl adjacent to an activating group) is 1. The summed E-state index contributed by atoms with van der Waals surface area (Å²) >= 11 is 0. The molecule has 0 aliphatic carbocycles. The molecule has 1 fully saturated rings. The molecule has 0 aromatic heterocycles. The van der Waals surface area contributed by atoms with Gasteiger partial charge in [-0.1, -0.05) is 26.0 Å². The molecule has 0 saturated carbocycles. The van der Waals surface area contributed by atoms with Crippen LogP contribution in [0.25, 0.3) is 0 Å². The molecule has 3 rings (SSSR count). The minimum absolute atomic E-state index is 0.00849. The van der Waals surface area contributed by atoms with E-state index in [-0.39, 0.29) is 36.7 Å². The number of carboxylic acid groups (broad SMARTS) is 1. The number of nitrogens with zero attached hydrogens (tertiary/aromatic N) is 2. The first-order chi connectivity index (χ1) is 16.0. The molecule has 182 valence electrons. The Bertz CT molecular complexity index is 1020. The van der Waals surface area contributed by atoms with Crippen molar-refractivity contribution in [2.24, 2.45) is 5.92 Å². The summed E-state index contributed by atoms with van der Waals surface area (Å²) in [6.45, 7) is 5.67. The highest BCUT2D eigenvalue weighted by Gasteiger charge is 2.41. The van der Waals surface area contributed by atoms with Crippen LogP contribution in [0.15, 0.2) is 18.2 Å². The molecule has 0 radical (unpaired) electrons. The lowest BCUT2D eigenvalue weighted by Crippen LogP contribution is -2.62. The van der Waals surface area contributed by atoms with Crippen molar-refractivity contribution in [3.05, 3.63) is 29.3 Å². The topological polar surface area (TPSA) is 166 Å². The molecule has 2 heterocycles. The van der Waals surface area contributed by atoms with Crippen molar-refractivity contribution in [1.82, 2.24) is 20.4 Å². The zero-order valence-corrected chi connectivity index (χ0v) is 19.1. The predicted octanol–water partition coefficient (Wildman–Crippen LogP) is -0.751. The van der Waals surface area contributed by atoms with E-state index in [0.29, 0.717) is 12.1 Å². The van der Waals surface area contributed by atoms with E-state index in [1.54, 1.807) is 26.8 Å². The lowest BCUT2D eigenvalue weighted by atomic mass is 9.72. The number of carbonyl (C=O) groups excluding carboxylic acids is 4. The highest BCUT2D eigenvalue weighted by atomic mass is 16.5. The van der Waals surface area contributed by atoms with Gasteiger partial charge >= 0.3 is 30.9 Å². The van der Waals surface area contributed by atoms with E-state index in [9.17, 15) is 34.1 Å². The maximum absolute atomic E-state index is 13.0. The number of benzene rings is 1. The molecule has 1 aromatic carbocycles. The van der Waals surface area contributed by atoms with E-state index in [1.165, 1.54) is 17.0 Å². The van der Waals surface area contributed by atoms with Gasteiger partial charge < -0.3 is 30.3 Å². The third-order valence-corrected chi connectivity index (χ3v) is 5.84. The van der Waals surface area contributed by atoms with Gasteiger partial charge in [-0.25, -0.2) is 9.59 Å². The molecular formula is C21H27BN4O8. The Kier molecular flexibility index (Phi) is 7.45. The molecule has 34 heavy (non-hydrogen) atoms. The summed E-state index contributed by atoms with van der Waals surface area (Å²) in [5.41, 5.74) is 0.398. The fraction of sp³-hybridized carbons (Fsp3) is 0.476. The maximum Gasteiger partial charge on any atom is 0.547 e. The molecule has 5 amide bonds. The van der Waals surface area contributed by atoms with Crippen LogP contribution in [0.2, 0.25) is 0 Å². The number of carboxylic acids is 1. The molecular weight excluding hydrogens is 447 g/mol. The van der Waals surface area contributed by atoms with Crippen molar-refractivity contribution in [1.29, 1.82) is 0 Å². The number of hydrogen-bond donors (Lipinski definition) is 4. The predicted molar refractivity (Wildman–Crippen MR) is 119 cm³/mol. The number of nitrogens with one attached hydrogen (secondary N) is 2. The monoisotopic (exact) mass is 474 g/mol. The van der Waals surface area contributed by atoms with Crippen LogP contribution in [0.4, 0.5) is 4.79 Å². The van der Waals surface area contributed by atoms with Crippen LogP contribution in [0.3, 0.4) is 0 Å². The second-order valence-electron chi connectivity index (χ2n) is 8.44. The normalized spacial score (nSPS) is 18.9. The van der Waals surface area contributed by atoms with Crippen LogP contribution in [-0.4, -0.2) is 88.4 Å². The SMILES string of the molecule is CCN1CCN(C(=O)NC(C(=O)N[C@H]2Cc3cccc(C(=O)O)c3OB2O)C(C)C)C(=O)C1=O. The number of imide groups is 1. The minimum Gasteiger partial charge on any atom is -0.534 e. The van der Waals surface area contributed by atoms with Crippen LogP contribution in [0, 0.1) is 5.92 Å². The van der Waals surface area contributed by atoms with Crippen LogP contribution < -0.4 is 15.3 Å². The highest BCUT2D eigenvalue weighted by Crippen LogP contribution is 2.30. The number of rotatable bonds is 6. The zero-order valence-electron chi connectivity index (χ0n) is 19.1. The summed E-state index contributed by atoms with van der Waals surface area (Å²) < 4.78 is 5.38. The Labute approximate surface area is 196 Å². The van der Waals surface area contributed by atoms with Gasteiger partial charge in [-0.2, -0.15) is 0 Å². The third kappa shape index (κ3) is 4.98. The molecule has 12 nitrogen and oxygen atoms in total. The van der Waals surface area contributed by atoms with Crippen molar-refractivity contribution in [3.8, 4) is 5.75 Å². The summed E-state index contributed by atoms with van der Waals surface area (Å²) in [5.74, 6) is -4.83.